The normalized spacial score (nSPS) is 11.5. The molecule has 4 rings (SSSR count). The molecule has 0 unspecified atom stereocenters. The van der Waals surface area contributed by atoms with Crippen molar-refractivity contribution >= 4 is 34.4 Å². The van der Waals surface area contributed by atoms with E-state index in [1.165, 1.54) is 5.01 Å². The fraction of sp³-hybridized carbons (Fsp3) is 0.136. The van der Waals surface area contributed by atoms with Gasteiger partial charge in [0.25, 0.3) is 0 Å². The van der Waals surface area contributed by atoms with Crippen molar-refractivity contribution in [3.05, 3.63) is 83.0 Å². The molecule has 0 spiro atoms. The van der Waals surface area contributed by atoms with Gasteiger partial charge in [0, 0.05) is 18.6 Å². The summed E-state index contributed by atoms with van der Waals surface area (Å²) in [5.41, 5.74) is 3.34. The van der Waals surface area contributed by atoms with Crippen LogP contribution in [0.25, 0.3) is 11.0 Å². The number of aromatic nitrogens is 3. The highest BCUT2D eigenvalue weighted by molar-refractivity contribution is 6.30. The Morgan fingerprint density at radius 2 is 1.88 bits per heavy atom. The molecule has 2 heterocycles. The number of hydrogen-bond acceptors (Lipinski definition) is 7. The standard InChI is InChI=1S/C22H23ClN8O/c1-30(25)21(29-24)31-19-7-3-2-6-18(19)28-22(31)32-14-17-5-4-8-20(27-17)26-13-15-9-11-16(23)12-10-15/h2-12H,13-14,24-25H2,1H3,(H,26,27)/b29-21+. The summed E-state index contributed by atoms with van der Waals surface area (Å²) in [5.74, 6) is 12.5. The lowest BCUT2D eigenvalue weighted by molar-refractivity contribution is 0.273. The van der Waals surface area contributed by atoms with Crippen LogP contribution in [-0.4, -0.2) is 32.6 Å². The van der Waals surface area contributed by atoms with Crippen molar-refractivity contribution in [2.45, 2.75) is 13.2 Å². The van der Waals surface area contributed by atoms with Crippen LogP contribution in [0.4, 0.5) is 5.82 Å². The molecule has 0 saturated heterocycles. The molecular weight excluding hydrogens is 428 g/mol. The van der Waals surface area contributed by atoms with Crippen LogP contribution >= 0.6 is 11.6 Å². The van der Waals surface area contributed by atoms with E-state index in [1.807, 2.05) is 66.7 Å². The number of hydrazine groups is 1. The lowest BCUT2D eigenvalue weighted by Crippen LogP contribution is -2.39. The van der Waals surface area contributed by atoms with Crippen LogP contribution in [0.1, 0.15) is 11.3 Å². The van der Waals surface area contributed by atoms with Gasteiger partial charge < -0.3 is 15.9 Å². The number of hydrogen-bond donors (Lipinski definition) is 3. The van der Waals surface area contributed by atoms with E-state index in [0.717, 1.165) is 28.1 Å². The maximum Gasteiger partial charge on any atom is 0.304 e. The van der Waals surface area contributed by atoms with Gasteiger partial charge in [-0.1, -0.05) is 41.9 Å². The minimum atomic E-state index is 0.200. The Labute approximate surface area is 190 Å². The third-order valence-corrected chi connectivity index (χ3v) is 4.96. The van der Waals surface area contributed by atoms with Gasteiger partial charge in [0.15, 0.2) is 0 Å². The molecule has 9 nitrogen and oxygen atoms in total. The zero-order valence-corrected chi connectivity index (χ0v) is 18.2. The predicted molar refractivity (Wildman–Crippen MR) is 126 cm³/mol. The summed E-state index contributed by atoms with van der Waals surface area (Å²) < 4.78 is 7.67. The number of benzene rings is 2. The molecule has 0 fully saturated rings. The van der Waals surface area contributed by atoms with Gasteiger partial charge in [-0.05, 0) is 42.0 Å². The number of rotatable bonds is 6. The fourth-order valence-corrected chi connectivity index (χ4v) is 3.32. The molecule has 0 aliphatic heterocycles. The van der Waals surface area contributed by atoms with E-state index in [-0.39, 0.29) is 6.61 Å². The van der Waals surface area contributed by atoms with Crippen molar-refractivity contribution in [1.82, 2.24) is 19.5 Å². The van der Waals surface area contributed by atoms with Gasteiger partial charge >= 0.3 is 6.01 Å². The van der Waals surface area contributed by atoms with E-state index < -0.39 is 0 Å². The number of nitrogens with zero attached hydrogens (tertiary/aromatic N) is 5. The zero-order chi connectivity index (χ0) is 22.5. The SMILES string of the molecule is CN(N)/C(=N\N)n1c(OCc2cccc(NCc3ccc(Cl)cc3)n2)nc2ccccc21. The van der Waals surface area contributed by atoms with E-state index in [2.05, 4.69) is 20.4 Å². The first kappa shape index (κ1) is 21.4. The summed E-state index contributed by atoms with van der Waals surface area (Å²) in [7, 11) is 1.64. The van der Waals surface area contributed by atoms with Crippen LogP contribution in [-0.2, 0) is 13.2 Å². The molecule has 0 aliphatic carbocycles. The number of halogens is 1. The predicted octanol–water partition coefficient (Wildman–Crippen LogP) is 3.16. The highest BCUT2D eigenvalue weighted by Gasteiger charge is 2.18. The van der Waals surface area contributed by atoms with Crippen LogP contribution in [0.15, 0.2) is 71.8 Å². The zero-order valence-electron chi connectivity index (χ0n) is 17.4. The van der Waals surface area contributed by atoms with Crippen LogP contribution in [0.3, 0.4) is 0 Å². The molecule has 0 radical (unpaired) electrons. The average Bonchev–Trinajstić information content (AvgIpc) is 3.16. The molecule has 32 heavy (non-hydrogen) atoms. The fourth-order valence-electron chi connectivity index (χ4n) is 3.19. The number of fused-ring (bicyclic) bond motifs is 1. The molecule has 0 amide bonds. The third kappa shape index (κ3) is 4.74. The van der Waals surface area contributed by atoms with Gasteiger partial charge in [-0.3, -0.25) is 5.01 Å². The number of nitrogens with one attached hydrogen (secondary N) is 1. The number of hydrazone groups is 1. The van der Waals surface area contributed by atoms with Crippen molar-refractivity contribution < 1.29 is 4.74 Å². The lowest BCUT2D eigenvalue weighted by atomic mass is 10.2. The Hall–Kier alpha value is -3.82. The quantitative estimate of drug-likeness (QED) is 0.178. The van der Waals surface area contributed by atoms with Crippen LogP contribution in [0.2, 0.25) is 5.02 Å². The van der Waals surface area contributed by atoms with Gasteiger partial charge in [0.1, 0.15) is 12.4 Å². The second kappa shape index (κ2) is 9.54. The molecule has 4 aromatic rings. The number of anilines is 1. The smallest absolute Gasteiger partial charge is 0.304 e. The first-order valence-electron chi connectivity index (χ1n) is 9.86. The summed E-state index contributed by atoms with van der Waals surface area (Å²) in [4.78, 5) is 9.17. The van der Waals surface area contributed by atoms with Crippen molar-refractivity contribution in [3.63, 3.8) is 0 Å². The van der Waals surface area contributed by atoms with Gasteiger partial charge in [0.05, 0.1) is 16.7 Å². The molecule has 10 heteroatoms. The third-order valence-electron chi connectivity index (χ3n) is 4.70. The van der Waals surface area contributed by atoms with Gasteiger partial charge in [0.2, 0.25) is 5.96 Å². The average molecular weight is 451 g/mol. The Kier molecular flexibility index (Phi) is 6.39. The largest absolute Gasteiger partial charge is 0.458 e. The second-order valence-corrected chi connectivity index (χ2v) is 7.48. The van der Waals surface area contributed by atoms with Crippen LogP contribution in [0, 0.1) is 0 Å². The summed E-state index contributed by atoms with van der Waals surface area (Å²) in [6.07, 6.45) is 0. The topological polar surface area (TPSA) is 120 Å². The Bertz CT molecular complexity index is 1240. The van der Waals surface area contributed by atoms with Gasteiger partial charge in [-0.15, -0.1) is 5.10 Å². The number of para-hydroxylation sites is 2. The highest BCUT2D eigenvalue weighted by atomic mass is 35.5. The molecule has 2 aromatic heterocycles. The number of pyridine rings is 1. The molecule has 2 aromatic carbocycles. The van der Waals surface area contributed by atoms with Crippen molar-refractivity contribution in [3.8, 4) is 6.01 Å². The highest BCUT2D eigenvalue weighted by Crippen LogP contribution is 2.22. The van der Waals surface area contributed by atoms with E-state index in [9.17, 15) is 0 Å². The Morgan fingerprint density at radius 3 is 2.62 bits per heavy atom. The number of ether oxygens (including phenoxy) is 1. The van der Waals surface area contributed by atoms with E-state index in [1.54, 1.807) is 11.6 Å². The minimum absolute atomic E-state index is 0.200. The maximum absolute atomic E-state index is 6.00. The molecule has 0 saturated carbocycles. The first-order valence-corrected chi connectivity index (χ1v) is 10.2. The Morgan fingerprint density at radius 1 is 1.09 bits per heavy atom. The van der Waals surface area contributed by atoms with E-state index in [0.29, 0.717) is 23.5 Å². The van der Waals surface area contributed by atoms with E-state index in [4.69, 9.17) is 28.0 Å². The summed E-state index contributed by atoms with van der Waals surface area (Å²) in [6, 6.07) is 21.2. The maximum atomic E-state index is 6.00. The molecule has 0 bridgehead atoms. The summed E-state index contributed by atoms with van der Waals surface area (Å²) in [5, 5.41) is 9.11. The van der Waals surface area contributed by atoms with Crippen molar-refractivity contribution in [2.24, 2.45) is 16.8 Å². The summed E-state index contributed by atoms with van der Waals surface area (Å²) in [6.45, 7) is 0.829. The van der Waals surface area contributed by atoms with Crippen LogP contribution < -0.4 is 21.7 Å². The number of nitrogens with two attached hydrogens (primary N) is 2. The molecular formula is C22H23ClN8O. The van der Waals surface area contributed by atoms with E-state index >= 15 is 0 Å². The second-order valence-electron chi connectivity index (χ2n) is 7.04. The van der Waals surface area contributed by atoms with Gasteiger partial charge in [-0.25, -0.2) is 15.4 Å². The molecule has 0 aliphatic rings. The van der Waals surface area contributed by atoms with Crippen molar-refractivity contribution in [1.29, 1.82) is 0 Å². The van der Waals surface area contributed by atoms with Gasteiger partial charge in [-0.2, -0.15) is 4.98 Å². The lowest BCUT2D eigenvalue weighted by Gasteiger charge is -2.17. The molecule has 164 valence electrons. The number of imidazole rings is 1. The van der Waals surface area contributed by atoms with Crippen molar-refractivity contribution in [2.75, 3.05) is 12.4 Å². The molecule has 5 N–H and O–H groups in total. The molecule has 0 atom stereocenters. The minimum Gasteiger partial charge on any atom is -0.458 e. The van der Waals surface area contributed by atoms with Crippen LogP contribution in [0.5, 0.6) is 6.01 Å². The summed E-state index contributed by atoms with van der Waals surface area (Å²) >= 11 is 5.94. The first-order chi connectivity index (χ1) is 15.5. The monoisotopic (exact) mass is 450 g/mol. The Balaban J connectivity index is 1.51.